The molecule has 2 N–H and O–H groups in total. The van der Waals surface area contributed by atoms with Crippen LogP contribution in [-0.4, -0.2) is 43.7 Å². The SMILES string of the molecule is NC(=O)C(F)(F)c1cc2sc(Cl)cc2o1.c1cc2c(cc1CCCN1CCCC1)OCCO2. The minimum absolute atomic E-state index is 0.223. The number of halogens is 3. The van der Waals surface area contributed by atoms with E-state index in [0.717, 1.165) is 35.3 Å². The second-order valence-corrected chi connectivity index (χ2v) is 9.67. The molecule has 178 valence electrons. The van der Waals surface area contributed by atoms with Crippen LogP contribution in [0.5, 0.6) is 11.5 Å². The van der Waals surface area contributed by atoms with Crippen LogP contribution in [0.2, 0.25) is 4.34 Å². The molecular formula is C23H25ClF2N2O4S. The van der Waals surface area contributed by atoms with E-state index in [1.165, 1.54) is 50.5 Å². The van der Waals surface area contributed by atoms with Gasteiger partial charge in [-0.1, -0.05) is 17.7 Å². The Hall–Kier alpha value is -2.36. The van der Waals surface area contributed by atoms with Crippen molar-refractivity contribution < 1.29 is 27.5 Å². The Morgan fingerprint density at radius 2 is 1.85 bits per heavy atom. The van der Waals surface area contributed by atoms with Gasteiger partial charge >= 0.3 is 5.92 Å². The van der Waals surface area contributed by atoms with E-state index < -0.39 is 17.6 Å². The molecule has 1 fully saturated rings. The fourth-order valence-corrected chi connectivity index (χ4v) is 4.93. The number of primary amides is 1. The number of ether oxygens (including phenoxy) is 2. The fourth-order valence-electron chi connectivity index (χ4n) is 3.84. The molecule has 0 atom stereocenters. The Kier molecular flexibility index (Phi) is 7.41. The van der Waals surface area contributed by atoms with E-state index in [-0.39, 0.29) is 5.58 Å². The lowest BCUT2D eigenvalue weighted by molar-refractivity contribution is -0.145. The first-order chi connectivity index (χ1) is 15.8. The smallest absolute Gasteiger partial charge is 0.380 e. The normalized spacial score (nSPS) is 16.0. The molecule has 0 aliphatic carbocycles. The number of alkyl halides is 2. The van der Waals surface area contributed by atoms with Crippen molar-refractivity contribution in [3.05, 3.63) is 46.0 Å². The number of likely N-dealkylation sites (tertiary alicyclic amines) is 1. The van der Waals surface area contributed by atoms with Crippen molar-refractivity contribution in [3.8, 4) is 11.5 Å². The predicted octanol–water partition coefficient (Wildman–Crippen LogP) is 5.21. The molecule has 4 heterocycles. The number of nitrogens with two attached hydrogens (primary N) is 1. The molecule has 1 aromatic carbocycles. The zero-order chi connectivity index (χ0) is 23.4. The Balaban J connectivity index is 0.000000160. The number of aryl methyl sites for hydroxylation is 1. The van der Waals surface area contributed by atoms with Gasteiger partial charge in [0.15, 0.2) is 17.3 Å². The van der Waals surface area contributed by atoms with Crippen LogP contribution in [0.4, 0.5) is 8.78 Å². The van der Waals surface area contributed by atoms with Crippen LogP contribution in [0.15, 0.2) is 34.7 Å². The van der Waals surface area contributed by atoms with Gasteiger partial charge in [0.25, 0.3) is 5.91 Å². The van der Waals surface area contributed by atoms with Crippen LogP contribution in [0, 0.1) is 0 Å². The zero-order valence-corrected chi connectivity index (χ0v) is 19.5. The van der Waals surface area contributed by atoms with E-state index in [1.807, 2.05) is 6.07 Å². The molecule has 2 aliphatic rings. The number of thiophene rings is 1. The van der Waals surface area contributed by atoms with Crippen molar-refractivity contribution >= 4 is 39.1 Å². The monoisotopic (exact) mass is 498 g/mol. The average Bonchev–Trinajstić information content (AvgIpc) is 3.51. The van der Waals surface area contributed by atoms with Crippen LogP contribution in [0.1, 0.15) is 30.6 Å². The highest BCUT2D eigenvalue weighted by molar-refractivity contribution is 7.22. The standard InChI is InChI=1S/C15H21NO2.C8H4ClF2NO2S/c1-2-8-16(7-1)9-3-4-13-5-6-14-15(12-13)18-11-10-17-14;9-6-1-3-4(15-6)2-5(14-3)8(10,11)7(12)13/h5-6,12H,1-4,7-11H2;1-2H,(H2,12,13). The number of benzene rings is 1. The Labute approximate surface area is 199 Å². The van der Waals surface area contributed by atoms with Crippen molar-refractivity contribution in [2.24, 2.45) is 5.73 Å². The predicted molar refractivity (Wildman–Crippen MR) is 124 cm³/mol. The van der Waals surface area contributed by atoms with Gasteiger partial charge in [-0.15, -0.1) is 11.3 Å². The number of fused-ring (bicyclic) bond motifs is 2. The number of nitrogens with zero attached hydrogens (tertiary/aromatic N) is 1. The molecule has 0 spiro atoms. The molecule has 0 saturated carbocycles. The first-order valence-corrected chi connectivity index (χ1v) is 12.0. The number of carbonyl (C=O) groups is 1. The first kappa shape index (κ1) is 23.8. The Morgan fingerprint density at radius 1 is 1.12 bits per heavy atom. The summed E-state index contributed by atoms with van der Waals surface area (Å²) in [6.45, 7) is 5.16. The second-order valence-electron chi connectivity index (χ2n) is 7.96. The molecule has 0 radical (unpaired) electrons. The molecule has 0 unspecified atom stereocenters. The zero-order valence-electron chi connectivity index (χ0n) is 18.0. The molecule has 1 amide bonds. The third-order valence-electron chi connectivity index (χ3n) is 5.54. The Morgan fingerprint density at radius 3 is 2.55 bits per heavy atom. The van der Waals surface area contributed by atoms with Gasteiger partial charge in [-0.3, -0.25) is 4.79 Å². The average molecular weight is 499 g/mol. The van der Waals surface area contributed by atoms with Gasteiger partial charge < -0.3 is 24.5 Å². The topological polar surface area (TPSA) is 77.9 Å². The molecule has 2 aliphatic heterocycles. The highest BCUT2D eigenvalue weighted by Crippen LogP contribution is 2.37. The fraction of sp³-hybridized carbons (Fsp3) is 0.435. The summed E-state index contributed by atoms with van der Waals surface area (Å²) >= 11 is 6.72. The number of hydrogen-bond donors (Lipinski definition) is 1. The van der Waals surface area contributed by atoms with Crippen molar-refractivity contribution in [3.63, 3.8) is 0 Å². The second kappa shape index (κ2) is 10.3. The minimum atomic E-state index is -3.79. The van der Waals surface area contributed by atoms with Gasteiger partial charge in [0, 0.05) is 12.1 Å². The maximum absolute atomic E-state index is 13.1. The summed E-state index contributed by atoms with van der Waals surface area (Å²) in [5, 5.41) is 0. The number of rotatable bonds is 6. The van der Waals surface area contributed by atoms with E-state index >= 15 is 0 Å². The van der Waals surface area contributed by atoms with Gasteiger partial charge in [0.1, 0.15) is 18.8 Å². The summed E-state index contributed by atoms with van der Waals surface area (Å²) in [7, 11) is 0. The lowest BCUT2D eigenvalue weighted by Gasteiger charge is -2.19. The summed E-state index contributed by atoms with van der Waals surface area (Å²) < 4.78 is 43.0. The molecule has 10 heteroatoms. The summed E-state index contributed by atoms with van der Waals surface area (Å²) in [5.41, 5.74) is 6.13. The van der Waals surface area contributed by atoms with E-state index in [2.05, 4.69) is 22.8 Å². The summed E-state index contributed by atoms with van der Waals surface area (Å²) in [5.74, 6) is -4.47. The third kappa shape index (κ3) is 5.77. The highest BCUT2D eigenvalue weighted by atomic mass is 35.5. The third-order valence-corrected chi connectivity index (χ3v) is 6.73. The minimum Gasteiger partial charge on any atom is -0.486 e. The molecule has 0 bridgehead atoms. The number of furan rings is 1. The van der Waals surface area contributed by atoms with Gasteiger partial charge in [-0.25, -0.2) is 0 Å². The summed E-state index contributed by atoms with van der Waals surface area (Å²) in [4.78, 5) is 13.0. The number of carbonyl (C=O) groups excluding carboxylic acids is 1. The molecule has 33 heavy (non-hydrogen) atoms. The summed E-state index contributed by atoms with van der Waals surface area (Å²) in [6.07, 6.45) is 5.13. The molecule has 5 rings (SSSR count). The largest absolute Gasteiger partial charge is 0.486 e. The van der Waals surface area contributed by atoms with Crippen LogP contribution >= 0.6 is 22.9 Å². The van der Waals surface area contributed by atoms with Gasteiger partial charge in [-0.05, 0) is 63.0 Å². The van der Waals surface area contributed by atoms with Crippen molar-refractivity contribution in [2.75, 3.05) is 32.8 Å². The van der Waals surface area contributed by atoms with Crippen LogP contribution in [-0.2, 0) is 17.1 Å². The van der Waals surface area contributed by atoms with Gasteiger partial charge in [0.2, 0.25) is 0 Å². The van der Waals surface area contributed by atoms with Crippen LogP contribution in [0.25, 0.3) is 10.3 Å². The molecule has 6 nitrogen and oxygen atoms in total. The van der Waals surface area contributed by atoms with Crippen molar-refractivity contribution in [2.45, 2.75) is 31.6 Å². The maximum atomic E-state index is 13.1. The lowest BCUT2D eigenvalue weighted by Crippen LogP contribution is -2.32. The quantitative estimate of drug-likeness (QED) is 0.504. The molecule has 2 aromatic heterocycles. The number of hydrogen-bond acceptors (Lipinski definition) is 6. The molecular weight excluding hydrogens is 474 g/mol. The van der Waals surface area contributed by atoms with E-state index in [9.17, 15) is 13.6 Å². The van der Waals surface area contributed by atoms with Crippen LogP contribution in [0.3, 0.4) is 0 Å². The van der Waals surface area contributed by atoms with E-state index in [1.54, 1.807) is 0 Å². The molecule has 3 aromatic rings. The van der Waals surface area contributed by atoms with Crippen molar-refractivity contribution in [1.82, 2.24) is 4.90 Å². The maximum Gasteiger partial charge on any atom is 0.380 e. The molecule has 1 saturated heterocycles. The summed E-state index contributed by atoms with van der Waals surface area (Å²) in [6, 6.07) is 8.81. The lowest BCUT2D eigenvalue weighted by atomic mass is 10.1. The van der Waals surface area contributed by atoms with Gasteiger partial charge in [-0.2, -0.15) is 8.78 Å². The van der Waals surface area contributed by atoms with Gasteiger partial charge in [0.05, 0.1) is 9.04 Å². The van der Waals surface area contributed by atoms with Crippen molar-refractivity contribution in [1.29, 1.82) is 0 Å². The Bertz CT molecular complexity index is 1080. The highest BCUT2D eigenvalue weighted by Gasteiger charge is 2.42. The van der Waals surface area contributed by atoms with E-state index in [0.29, 0.717) is 22.3 Å². The first-order valence-electron chi connectivity index (χ1n) is 10.8. The van der Waals surface area contributed by atoms with E-state index in [4.69, 9.17) is 25.5 Å². The van der Waals surface area contributed by atoms with Crippen LogP contribution < -0.4 is 15.2 Å². The number of amides is 1.